The van der Waals surface area contributed by atoms with Crippen LogP contribution in [-0.4, -0.2) is 47.1 Å². The van der Waals surface area contributed by atoms with Crippen LogP contribution >= 0.6 is 0 Å². The van der Waals surface area contributed by atoms with Gasteiger partial charge in [0.2, 0.25) is 0 Å². The van der Waals surface area contributed by atoms with E-state index in [4.69, 9.17) is 5.73 Å². The summed E-state index contributed by atoms with van der Waals surface area (Å²) in [5.74, 6) is -0.851. The Kier molecular flexibility index (Phi) is 8.37. The average molecular weight is 414 g/mol. The second-order valence-electron chi connectivity index (χ2n) is 5.48. The van der Waals surface area contributed by atoms with Gasteiger partial charge < -0.3 is 15.7 Å². The molecule has 0 atom stereocenters. The van der Waals surface area contributed by atoms with Crippen molar-refractivity contribution in [1.29, 1.82) is 0 Å². The first kappa shape index (κ1) is 24.0. The molecule has 4 rings (SSSR count). The molecule has 2 aromatic heterocycles. The van der Waals surface area contributed by atoms with Crippen molar-refractivity contribution in [2.75, 3.05) is 0 Å². The SMILES string of the molecule is C.C.NCc1nnc[nH]c1=O.O=C1c2ccccc2C(=O)N1Cc1nnc[nH]c1=O. The van der Waals surface area contributed by atoms with Crippen LogP contribution in [0.1, 0.15) is 47.0 Å². The molecule has 30 heavy (non-hydrogen) atoms. The number of imide groups is 1. The van der Waals surface area contributed by atoms with Crippen LogP contribution in [0.4, 0.5) is 0 Å². The van der Waals surface area contributed by atoms with Crippen LogP contribution in [0.2, 0.25) is 0 Å². The number of fused-ring (bicyclic) bond motifs is 1. The molecule has 0 saturated heterocycles. The van der Waals surface area contributed by atoms with E-state index in [0.717, 1.165) is 11.2 Å². The summed E-state index contributed by atoms with van der Waals surface area (Å²) < 4.78 is 0. The summed E-state index contributed by atoms with van der Waals surface area (Å²) >= 11 is 0. The number of hydrogen-bond donors (Lipinski definition) is 3. The van der Waals surface area contributed by atoms with E-state index < -0.39 is 17.4 Å². The Morgan fingerprint density at radius 1 is 0.800 bits per heavy atom. The maximum absolute atomic E-state index is 12.1. The van der Waals surface area contributed by atoms with Crippen molar-refractivity contribution in [3.8, 4) is 0 Å². The van der Waals surface area contributed by atoms with Gasteiger partial charge in [-0.1, -0.05) is 27.0 Å². The number of benzene rings is 1. The van der Waals surface area contributed by atoms with E-state index in [9.17, 15) is 19.2 Å². The van der Waals surface area contributed by atoms with Gasteiger partial charge in [0.25, 0.3) is 22.9 Å². The molecule has 1 aliphatic heterocycles. The molecule has 2 amide bonds. The Bertz CT molecular complexity index is 1110. The van der Waals surface area contributed by atoms with Crippen LogP contribution in [0.25, 0.3) is 0 Å². The Labute approximate surface area is 171 Å². The Balaban J connectivity index is 0.000000351. The molecule has 3 heterocycles. The predicted molar refractivity (Wildman–Crippen MR) is 107 cm³/mol. The lowest BCUT2D eigenvalue weighted by molar-refractivity contribution is 0.0639. The highest BCUT2D eigenvalue weighted by Gasteiger charge is 2.35. The molecule has 3 aromatic rings. The van der Waals surface area contributed by atoms with Crippen molar-refractivity contribution in [3.63, 3.8) is 0 Å². The summed E-state index contributed by atoms with van der Waals surface area (Å²) in [6, 6.07) is 6.53. The molecule has 1 aliphatic rings. The normalized spacial score (nSPS) is 11.6. The van der Waals surface area contributed by atoms with Gasteiger partial charge in [0.15, 0.2) is 0 Å². The van der Waals surface area contributed by atoms with E-state index in [1.54, 1.807) is 24.3 Å². The fourth-order valence-corrected chi connectivity index (χ4v) is 2.40. The Hall–Kier alpha value is -4.06. The number of H-pyrrole nitrogens is 2. The van der Waals surface area contributed by atoms with Crippen molar-refractivity contribution >= 4 is 11.8 Å². The third-order valence-electron chi connectivity index (χ3n) is 3.77. The van der Waals surface area contributed by atoms with Gasteiger partial charge in [-0.25, -0.2) is 0 Å². The molecule has 12 nitrogen and oxygen atoms in total. The van der Waals surface area contributed by atoms with Gasteiger partial charge in [0.1, 0.15) is 24.0 Å². The Morgan fingerprint density at radius 2 is 1.27 bits per heavy atom. The van der Waals surface area contributed by atoms with Crippen LogP contribution in [0.15, 0.2) is 46.5 Å². The first-order chi connectivity index (χ1) is 13.5. The largest absolute Gasteiger partial charge is 0.325 e. The van der Waals surface area contributed by atoms with Gasteiger partial charge in [0.05, 0.1) is 17.7 Å². The fraction of sp³-hybridized carbons (Fsp3) is 0.222. The lowest BCUT2D eigenvalue weighted by atomic mass is 10.1. The predicted octanol–water partition coefficient (Wildman–Crippen LogP) is -0.143. The minimum Gasteiger partial charge on any atom is -0.325 e. The Morgan fingerprint density at radius 3 is 1.67 bits per heavy atom. The highest BCUT2D eigenvalue weighted by molar-refractivity contribution is 6.21. The number of nitrogens with zero attached hydrogens (tertiary/aromatic N) is 5. The fourth-order valence-electron chi connectivity index (χ4n) is 2.40. The maximum Gasteiger partial charge on any atom is 0.274 e. The maximum atomic E-state index is 12.1. The number of aromatic amines is 2. The van der Waals surface area contributed by atoms with E-state index in [1.807, 2.05) is 0 Å². The standard InChI is InChI=1S/C12H8N4O3.C4H6N4O.2CH4/c17-10-9(15-14-6-13-10)5-16-11(18)7-3-1-2-4-8(7)12(16)19;5-1-3-4(9)6-2-7-8-3;;/h1-4,6H,5H2,(H,13,14,17);2H,1,5H2,(H,6,7,9);2*1H4. The molecule has 0 radical (unpaired) electrons. The van der Waals surface area contributed by atoms with Crippen LogP contribution in [0.5, 0.6) is 0 Å². The summed E-state index contributed by atoms with van der Waals surface area (Å²) in [7, 11) is 0. The van der Waals surface area contributed by atoms with E-state index in [0.29, 0.717) is 11.1 Å². The van der Waals surface area contributed by atoms with Crippen molar-refractivity contribution in [2.24, 2.45) is 5.73 Å². The molecule has 158 valence electrons. The third-order valence-corrected chi connectivity index (χ3v) is 3.77. The van der Waals surface area contributed by atoms with E-state index in [-0.39, 0.29) is 44.9 Å². The number of rotatable bonds is 3. The van der Waals surface area contributed by atoms with Gasteiger partial charge in [0, 0.05) is 6.54 Å². The van der Waals surface area contributed by atoms with Crippen molar-refractivity contribution in [1.82, 2.24) is 35.3 Å². The molecule has 0 saturated carbocycles. The monoisotopic (exact) mass is 414 g/mol. The van der Waals surface area contributed by atoms with Gasteiger partial charge >= 0.3 is 0 Å². The van der Waals surface area contributed by atoms with Crippen LogP contribution in [-0.2, 0) is 13.1 Å². The second kappa shape index (κ2) is 10.5. The molecule has 12 heteroatoms. The van der Waals surface area contributed by atoms with Crippen LogP contribution in [0.3, 0.4) is 0 Å². The topological polar surface area (TPSA) is 181 Å². The summed E-state index contributed by atoms with van der Waals surface area (Å²) in [5, 5.41) is 14.1. The third kappa shape index (κ3) is 4.86. The number of amides is 2. The minimum atomic E-state index is -0.466. The molecule has 0 fully saturated rings. The molecule has 0 spiro atoms. The molecule has 0 unspecified atom stereocenters. The first-order valence-corrected chi connectivity index (χ1v) is 7.96. The van der Waals surface area contributed by atoms with Crippen LogP contribution < -0.4 is 16.9 Å². The lowest BCUT2D eigenvalue weighted by Gasteiger charge is -2.11. The number of nitrogens with one attached hydrogen (secondary N) is 2. The van der Waals surface area contributed by atoms with Gasteiger partial charge in [-0.2, -0.15) is 0 Å². The first-order valence-electron chi connectivity index (χ1n) is 7.96. The summed E-state index contributed by atoms with van der Waals surface area (Å²) in [4.78, 5) is 51.9. The molecule has 4 N–H and O–H groups in total. The van der Waals surface area contributed by atoms with Crippen molar-refractivity contribution in [2.45, 2.75) is 27.9 Å². The van der Waals surface area contributed by atoms with Crippen LogP contribution in [0, 0.1) is 0 Å². The summed E-state index contributed by atoms with van der Waals surface area (Å²) in [5.41, 5.74) is 5.36. The molecule has 1 aromatic carbocycles. The number of aromatic nitrogens is 6. The molecular weight excluding hydrogens is 392 g/mol. The van der Waals surface area contributed by atoms with E-state index in [1.165, 1.54) is 6.33 Å². The van der Waals surface area contributed by atoms with E-state index >= 15 is 0 Å². The van der Waals surface area contributed by atoms with Crippen molar-refractivity contribution < 1.29 is 9.59 Å². The van der Waals surface area contributed by atoms with E-state index in [2.05, 4.69) is 30.4 Å². The number of hydrogen-bond acceptors (Lipinski definition) is 9. The quantitative estimate of drug-likeness (QED) is 0.491. The highest BCUT2D eigenvalue weighted by atomic mass is 16.2. The molecule has 0 bridgehead atoms. The molecular formula is C18H22N8O4. The van der Waals surface area contributed by atoms with Gasteiger partial charge in [-0.3, -0.25) is 24.1 Å². The minimum absolute atomic E-state index is 0. The number of carbonyl (C=O) groups excluding carboxylic acids is 2. The smallest absolute Gasteiger partial charge is 0.274 e. The van der Waals surface area contributed by atoms with Crippen molar-refractivity contribution in [3.05, 3.63) is 80.1 Å². The van der Waals surface area contributed by atoms with Gasteiger partial charge in [-0.15, -0.1) is 20.4 Å². The van der Waals surface area contributed by atoms with Gasteiger partial charge in [-0.05, 0) is 12.1 Å². The average Bonchev–Trinajstić information content (AvgIpc) is 2.96. The zero-order chi connectivity index (χ0) is 20.1. The summed E-state index contributed by atoms with van der Waals surface area (Å²) in [6.07, 6.45) is 2.37. The number of nitrogens with two attached hydrogens (primary N) is 1. The summed E-state index contributed by atoms with van der Waals surface area (Å²) in [6.45, 7) is -0.0569. The molecule has 0 aliphatic carbocycles. The zero-order valence-electron chi connectivity index (χ0n) is 14.3. The second-order valence-corrected chi connectivity index (χ2v) is 5.48. The number of carbonyl (C=O) groups is 2. The lowest BCUT2D eigenvalue weighted by Crippen LogP contribution is -2.32. The zero-order valence-corrected chi connectivity index (χ0v) is 14.3. The highest BCUT2D eigenvalue weighted by Crippen LogP contribution is 2.23.